The van der Waals surface area contributed by atoms with E-state index in [0.29, 0.717) is 29.4 Å². The van der Waals surface area contributed by atoms with Gasteiger partial charge in [-0.3, -0.25) is 4.40 Å². The monoisotopic (exact) mass is 473 g/mol. The molecule has 0 atom stereocenters. The molecule has 5 aromatic heterocycles. The van der Waals surface area contributed by atoms with Crippen molar-refractivity contribution in [2.75, 3.05) is 36.4 Å². The molecule has 0 aliphatic carbocycles. The van der Waals surface area contributed by atoms with Gasteiger partial charge in [-0.15, -0.1) is 0 Å². The minimum atomic E-state index is -0.465. The van der Waals surface area contributed by atoms with Gasteiger partial charge in [-0.25, -0.2) is 19.3 Å². The van der Waals surface area contributed by atoms with Gasteiger partial charge < -0.3 is 25.6 Å². The first kappa shape index (κ1) is 21.4. The molecule has 35 heavy (non-hydrogen) atoms. The van der Waals surface area contributed by atoms with Gasteiger partial charge in [0.2, 0.25) is 5.95 Å². The zero-order chi connectivity index (χ0) is 23.8. The SMILES string of the molecule is OCc1cnc2c(F)cc(-c3c[nH]c4nc(NCc5ccc(N6CCNCC6)nc5)ncc34)cn12. The van der Waals surface area contributed by atoms with Gasteiger partial charge in [0.05, 0.1) is 18.5 Å². The van der Waals surface area contributed by atoms with Crippen LogP contribution in [-0.4, -0.2) is 60.6 Å². The number of imidazole rings is 1. The molecule has 4 N–H and O–H groups in total. The van der Waals surface area contributed by atoms with E-state index in [9.17, 15) is 9.50 Å². The van der Waals surface area contributed by atoms with E-state index in [1.165, 1.54) is 12.3 Å². The first-order chi connectivity index (χ1) is 17.2. The second-order valence-electron chi connectivity index (χ2n) is 8.45. The summed E-state index contributed by atoms with van der Waals surface area (Å²) in [5, 5.41) is 16.9. The summed E-state index contributed by atoms with van der Waals surface area (Å²) in [6.07, 6.45) is 8.58. The van der Waals surface area contributed by atoms with Crippen LogP contribution in [0.15, 0.2) is 49.2 Å². The average molecular weight is 474 g/mol. The fraction of sp³-hybridized carbons (Fsp3) is 0.250. The third-order valence-corrected chi connectivity index (χ3v) is 6.24. The summed E-state index contributed by atoms with van der Waals surface area (Å²) in [4.78, 5) is 23.1. The summed E-state index contributed by atoms with van der Waals surface area (Å²) < 4.78 is 16.2. The molecule has 11 heteroatoms. The minimum Gasteiger partial charge on any atom is -0.390 e. The maximum Gasteiger partial charge on any atom is 0.224 e. The molecular formula is C24H24FN9O. The lowest BCUT2D eigenvalue weighted by atomic mass is 10.1. The Labute approximate surface area is 199 Å². The quantitative estimate of drug-likeness (QED) is 0.297. The number of aliphatic hydroxyl groups is 1. The van der Waals surface area contributed by atoms with Crippen molar-refractivity contribution in [1.29, 1.82) is 0 Å². The van der Waals surface area contributed by atoms with Crippen molar-refractivity contribution in [3.05, 3.63) is 66.3 Å². The Balaban J connectivity index is 1.20. The highest BCUT2D eigenvalue weighted by Gasteiger charge is 2.15. The molecule has 5 aromatic rings. The first-order valence-electron chi connectivity index (χ1n) is 11.4. The standard InChI is InChI=1S/C24H24FN9O/c25-20-7-16(13-34-17(14-35)10-29-23(20)34)18-11-28-22-19(18)12-31-24(32-22)30-9-15-1-2-21(27-8-15)33-5-3-26-4-6-33/h1-2,7-8,10-13,26,35H,3-6,9,14H2,(H2,28,30,31,32). The van der Waals surface area contributed by atoms with E-state index in [0.717, 1.165) is 48.5 Å². The normalized spacial score (nSPS) is 14.2. The number of halogens is 1. The number of nitrogens with one attached hydrogen (secondary N) is 3. The van der Waals surface area contributed by atoms with E-state index in [1.807, 2.05) is 12.3 Å². The number of aromatic nitrogens is 6. The molecule has 1 aliphatic heterocycles. The Kier molecular flexibility index (Phi) is 5.47. The maximum atomic E-state index is 14.6. The average Bonchev–Trinajstić information content (AvgIpc) is 3.52. The highest BCUT2D eigenvalue weighted by atomic mass is 19.1. The van der Waals surface area contributed by atoms with Crippen LogP contribution >= 0.6 is 0 Å². The topological polar surface area (TPSA) is 119 Å². The largest absolute Gasteiger partial charge is 0.390 e. The fourth-order valence-corrected chi connectivity index (χ4v) is 4.37. The highest BCUT2D eigenvalue weighted by molar-refractivity contribution is 5.93. The van der Waals surface area contributed by atoms with Gasteiger partial charge in [0.15, 0.2) is 11.5 Å². The van der Waals surface area contributed by atoms with Gasteiger partial charge in [-0.2, -0.15) is 4.98 Å². The lowest BCUT2D eigenvalue weighted by Crippen LogP contribution is -2.43. The Hall–Kier alpha value is -4.09. The van der Waals surface area contributed by atoms with Gasteiger partial charge in [0.1, 0.15) is 11.5 Å². The molecule has 0 aromatic carbocycles. The molecule has 0 bridgehead atoms. The molecule has 0 saturated carbocycles. The van der Waals surface area contributed by atoms with Crippen molar-refractivity contribution < 1.29 is 9.50 Å². The predicted octanol–water partition coefficient (Wildman–Crippen LogP) is 2.32. The molecule has 10 nitrogen and oxygen atoms in total. The number of pyridine rings is 2. The van der Waals surface area contributed by atoms with Gasteiger partial charge >= 0.3 is 0 Å². The van der Waals surface area contributed by atoms with Crippen LogP contribution < -0.4 is 15.5 Å². The number of fused-ring (bicyclic) bond motifs is 2. The Morgan fingerprint density at radius 3 is 2.77 bits per heavy atom. The molecule has 6 heterocycles. The zero-order valence-electron chi connectivity index (χ0n) is 18.9. The second-order valence-corrected chi connectivity index (χ2v) is 8.45. The van der Waals surface area contributed by atoms with Crippen molar-refractivity contribution in [3.63, 3.8) is 0 Å². The van der Waals surface area contributed by atoms with E-state index in [-0.39, 0.29) is 12.3 Å². The number of hydrogen-bond acceptors (Lipinski definition) is 8. The number of piperazine rings is 1. The van der Waals surface area contributed by atoms with Crippen LogP contribution in [0.2, 0.25) is 0 Å². The first-order valence-corrected chi connectivity index (χ1v) is 11.4. The Bertz CT molecular complexity index is 1490. The molecule has 1 saturated heterocycles. The Morgan fingerprint density at radius 2 is 1.97 bits per heavy atom. The highest BCUT2D eigenvalue weighted by Crippen LogP contribution is 2.29. The summed E-state index contributed by atoms with van der Waals surface area (Å²) in [5.41, 5.74) is 3.75. The molecular weight excluding hydrogens is 449 g/mol. The number of anilines is 2. The molecule has 0 amide bonds. The van der Waals surface area contributed by atoms with Crippen molar-refractivity contribution in [3.8, 4) is 11.1 Å². The van der Waals surface area contributed by atoms with Gasteiger partial charge in [-0.1, -0.05) is 6.07 Å². The van der Waals surface area contributed by atoms with Gasteiger partial charge in [0, 0.05) is 74.0 Å². The van der Waals surface area contributed by atoms with E-state index in [2.05, 4.69) is 46.5 Å². The van der Waals surface area contributed by atoms with Crippen molar-refractivity contribution >= 4 is 28.4 Å². The van der Waals surface area contributed by atoms with Crippen LogP contribution in [0.4, 0.5) is 16.2 Å². The van der Waals surface area contributed by atoms with Crippen molar-refractivity contribution in [1.82, 2.24) is 34.6 Å². The van der Waals surface area contributed by atoms with Crippen LogP contribution in [0.1, 0.15) is 11.3 Å². The summed E-state index contributed by atoms with van der Waals surface area (Å²) in [7, 11) is 0. The lowest BCUT2D eigenvalue weighted by Gasteiger charge is -2.28. The van der Waals surface area contributed by atoms with Crippen LogP contribution in [0.5, 0.6) is 0 Å². The number of rotatable bonds is 6. The molecule has 1 aliphatic rings. The number of hydrogen-bond donors (Lipinski definition) is 4. The maximum absolute atomic E-state index is 14.6. The van der Waals surface area contributed by atoms with Crippen molar-refractivity contribution in [2.45, 2.75) is 13.2 Å². The molecule has 178 valence electrons. The third-order valence-electron chi connectivity index (χ3n) is 6.24. The zero-order valence-corrected chi connectivity index (χ0v) is 18.9. The van der Waals surface area contributed by atoms with Crippen LogP contribution in [-0.2, 0) is 13.2 Å². The van der Waals surface area contributed by atoms with E-state index < -0.39 is 5.82 Å². The number of H-pyrrole nitrogens is 1. The van der Waals surface area contributed by atoms with Crippen LogP contribution in [0.3, 0.4) is 0 Å². The summed E-state index contributed by atoms with van der Waals surface area (Å²) in [6.45, 7) is 4.18. The Morgan fingerprint density at radius 1 is 1.09 bits per heavy atom. The molecule has 0 spiro atoms. The summed E-state index contributed by atoms with van der Waals surface area (Å²) in [5.74, 6) is 1.01. The lowest BCUT2D eigenvalue weighted by molar-refractivity contribution is 0.276. The number of aliphatic hydroxyl groups excluding tert-OH is 1. The molecule has 6 rings (SSSR count). The van der Waals surface area contributed by atoms with Gasteiger partial charge in [-0.05, 0) is 17.7 Å². The van der Waals surface area contributed by atoms with Crippen LogP contribution in [0, 0.1) is 5.82 Å². The number of aromatic amines is 1. The van der Waals surface area contributed by atoms with Gasteiger partial charge in [0.25, 0.3) is 0 Å². The van der Waals surface area contributed by atoms with E-state index >= 15 is 0 Å². The molecule has 1 fully saturated rings. The minimum absolute atomic E-state index is 0.177. The summed E-state index contributed by atoms with van der Waals surface area (Å²) >= 11 is 0. The second kappa shape index (κ2) is 8.93. The third kappa shape index (κ3) is 4.04. The van der Waals surface area contributed by atoms with E-state index in [1.54, 1.807) is 23.0 Å². The number of nitrogens with zero attached hydrogens (tertiary/aromatic N) is 6. The predicted molar refractivity (Wildman–Crippen MR) is 131 cm³/mol. The smallest absolute Gasteiger partial charge is 0.224 e. The van der Waals surface area contributed by atoms with Crippen molar-refractivity contribution in [2.24, 2.45) is 0 Å². The van der Waals surface area contributed by atoms with E-state index in [4.69, 9.17) is 0 Å². The van der Waals surface area contributed by atoms with Crippen LogP contribution in [0.25, 0.3) is 27.8 Å². The summed E-state index contributed by atoms with van der Waals surface area (Å²) in [6, 6.07) is 5.53. The fourth-order valence-electron chi connectivity index (χ4n) is 4.37. The molecule has 0 radical (unpaired) electrons. The molecule has 0 unspecified atom stereocenters.